The van der Waals surface area contributed by atoms with Crippen LogP contribution in [0.3, 0.4) is 0 Å². The van der Waals surface area contributed by atoms with E-state index < -0.39 is 0 Å². The van der Waals surface area contributed by atoms with Gasteiger partial charge in [0.05, 0.1) is 11.8 Å². The van der Waals surface area contributed by atoms with E-state index in [0.717, 1.165) is 12.0 Å². The van der Waals surface area contributed by atoms with Crippen LogP contribution in [-0.2, 0) is 10.5 Å². The summed E-state index contributed by atoms with van der Waals surface area (Å²) in [6.45, 7) is 4.30. The molecule has 0 aliphatic rings. The molecule has 0 aromatic heterocycles. The van der Waals surface area contributed by atoms with Gasteiger partial charge in [0.2, 0.25) is 5.91 Å². The maximum absolute atomic E-state index is 13.6. The first-order chi connectivity index (χ1) is 11.6. The predicted molar refractivity (Wildman–Crippen MR) is 99.3 cm³/mol. The number of amides is 1. The lowest BCUT2D eigenvalue weighted by Crippen LogP contribution is -2.30. The van der Waals surface area contributed by atoms with E-state index in [1.807, 2.05) is 36.4 Å². The SMILES string of the molecule is CC(C)C[C@@H](NC(=O)CSCc1ccccc1F)c1ccccc1. The highest BCUT2D eigenvalue weighted by molar-refractivity contribution is 7.99. The Morgan fingerprint density at radius 1 is 1.08 bits per heavy atom. The van der Waals surface area contributed by atoms with Gasteiger partial charge in [-0.1, -0.05) is 62.4 Å². The van der Waals surface area contributed by atoms with Crippen LogP contribution in [0.15, 0.2) is 54.6 Å². The van der Waals surface area contributed by atoms with Crippen LogP contribution in [0.2, 0.25) is 0 Å². The zero-order valence-electron chi connectivity index (χ0n) is 14.2. The van der Waals surface area contributed by atoms with Gasteiger partial charge in [0.1, 0.15) is 5.82 Å². The molecule has 0 bridgehead atoms. The molecular formula is C20H24FNOS. The summed E-state index contributed by atoms with van der Waals surface area (Å²) in [5, 5.41) is 3.11. The molecule has 0 unspecified atom stereocenters. The Bertz CT molecular complexity index is 645. The summed E-state index contributed by atoms with van der Waals surface area (Å²) in [5.74, 6) is 1.09. The molecule has 0 fully saturated rings. The molecule has 0 aliphatic heterocycles. The van der Waals surface area contributed by atoms with Crippen molar-refractivity contribution in [1.82, 2.24) is 5.32 Å². The lowest BCUT2D eigenvalue weighted by Gasteiger charge is -2.21. The molecule has 0 heterocycles. The Hall–Kier alpha value is -1.81. The maximum Gasteiger partial charge on any atom is 0.230 e. The van der Waals surface area contributed by atoms with Crippen molar-refractivity contribution in [2.75, 3.05) is 5.75 Å². The number of nitrogens with one attached hydrogen (secondary N) is 1. The van der Waals surface area contributed by atoms with Crippen molar-refractivity contribution >= 4 is 17.7 Å². The Kier molecular flexibility index (Phi) is 7.32. The molecule has 2 nitrogen and oxygen atoms in total. The quantitative estimate of drug-likeness (QED) is 0.732. The maximum atomic E-state index is 13.6. The topological polar surface area (TPSA) is 29.1 Å². The summed E-state index contributed by atoms with van der Waals surface area (Å²) in [6, 6.07) is 16.7. The van der Waals surface area contributed by atoms with Crippen LogP contribution < -0.4 is 5.32 Å². The largest absolute Gasteiger partial charge is 0.349 e. The molecule has 128 valence electrons. The number of hydrogen-bond donors (Lipinski definition) is 1. The van der Waals surface area contributed by atoms with Crippen molar-refractivity contribution in [3.05, 3.63) is 71.5 Å². The molecule has 1 amide bonds. The van der Waals surface area contributed by atoms with Gasteiger partial charge in [-0.2, -0.15) is 0 Å². The fourth-order valence-corrected chi connectivity index (χ4v) is 3.37. The number of hydrogen-bond acceptors (Lipinski definition) is 2. The van der Waals surface area contributed by atoms with Gasteiger partial charge in [-0.3, -0.25) is 4.79 Å². The molecule has 0 saturated carbocycles. The minimum absolute atomic E-state index is 0.00848. The third kappa shape index (κ3) is 6.00. The number of thioether (sulfide) groups is 1. The zero-order chi connectivity index (χ0) is 17.4. The number of benzene rings is 2. The molecule has 2 rings (SSSR count). The first kappa shape index (κ1) is 18.5. The van der Waals surface area contributed by atoms with Gasteiger partial charge in [0.15, 0.2) is 0 Å². The van der Waals surface area contributed by atoms with Gasteiger partial charge < -0.3 is 5.32 Å². The molecule has 24 heavy (non-hydrogen) atoms. The second-order valence-electron chi connectivity index (χ2n) is 6.24. The van der Waals surface area contributed by atoms with Gasteiger partial charge in [0, 0.05) is 5.75 Å². The van der Waals surface area contributed by atoms with E-state index in [4.69, 9.17) is 0 Å². The summed E-state index contributed by atoms with van der Waals surface area (Å²) in [5.41, 5.74) is 1.76. The first-order valence-electron chi connectivity index (χ1n) is 8.21. The smallest absolute Gasteiger partial charge is 0.230 e. The second-order valence-corrected chi connectivity index (χ2v) is 7.23. The van der Waals surface area contributed by atoms with E-state index in [2.05, 4.69) is 19.2 Å². The van der Waals surface area contributed by atoms with E-state index in [1.54, 1.807) is 12.1 Å². The highest BCUT2D eigenvalue weighted by Gasteiger charge is 2.16. The van der Waals surface area contributed by atoms with Gasteiger partial charge in [0.25, 0.3) is 0 Å². The molecule has 0 spiro atoms. The van der Waals surface area contributed by atoms with Crippen molar-refractivity contribution in [2.45, 2.75) is 32.1 Å². The Morgan fingerprint density at radius 2 is 1.75 bits per heavy atom. The fraction of sp³-hybridized carbons (Fsp3) is 0.350. The lowest BCUT2D eigenvalue weighted by atomic mass is 9.97. The fourth-order valence-electron chi connectivity index (χ4n) is 2.54. The summed E-state index contributed by atoms with van der Waals surface area (Å²) in [7, 11) is 0. The third-order valence-electron chi connectivity index (χ3n) is 3.69. The monoisotopic (exact) mass is 345 g/mol. The van der Waals surface area contributed by atoms with Crippen LogP contribution in [-0.4, -0.2) is 11.7 Å². The minimum Gasteiger partial charge on any atom is -0.349 e. The molecule has 2 aromatic rings. The van der Waals surface area contributed by atoms with E-state index in [0.29, 0.717) is 23.0 Å². The van der Waals surface area contributed by atoms with Gasteiger partial charge in [-0.05, 0) is 29.5 Å². The number of carbonyl (C=O) groups excluding carboxylic acids is 1. The van der Waals surface area contributed by atoms with Gasteiger partial charge in [-0.25, -0.2) is 4.39 Å². The average molecular weight is 345 g/mol. The van der Waals surface area contributed by atoms with Crippen LogP contribution in [0.4, 0.5) is 4.39 Å². The summed E-state index contributed by atoms with van der Waals surface area (Å²) in [6.07, 6.45) is 0.897. The molecule has 1 N–H and O–H groups in total. The lowest BCUT2D eigenvalue weighted by molar-refractivity contribution is -0.119. The van der Waals surface area contributed by atoms with Gasteiger partial charge in [-0.15, -0.1) is 11.8 Å². The molecule has 0 radical (unpaired) electrons. The minimum atomic E-state index is -0.215. The predicted octanol–water partition coefficient (Wildman–Crippen LogP) is 4.96. The standard InChI is InChI=1S/C20H24FNOS/c1-15(2)12-19(16-8-4-3-5-9-16)22-20(23)14-24-13-17-10-6-7-11-18(17)21/h3-11,15,19H,12-14H2,1-2H3,(H,22,23)/t19-/m1/s1. The molecule has 0 saturated heterocycles. The number of carbonyl (C=O) groups is 1. The van der Waals surface area contributed by atoms with Crippen molar-refractivity contribution in [2.24, 2.45) is 5.92 Å². The Morgan fingerprint density at radius 3 is 2.42 bits per heavy atom. The Balaban J connectivity index is 1.87. The van der Waals surface area contributed by atoms with Crippen molar-refractivity contribution in [3.63, 3.8) is 0 Å². The number of halogens is 1. The van der Waals surface area contributed by atoms with Crippen LogP contribution in [0.5, 0.6) is 0 Å². The van der Waals surface area contributed by atoms with Crippen LogP contribution >= 0.6 is 11.8 Å². The molecule has 1 atom stereocenters. The molecule has 0 aliphatic carbocycles. The highest BCUT2D eigenvalue weighted by atomic mass is 32.2. The summed E-state index contributed by atoms with van der Waals surface area (Å²) < 4.78 is 13.6. The second kappa shape index (κ2) is 9.48. The summed E-state index contributed by atoms with van der Waals surface area (Å²) in [4.78, 5) is 12.3. The molecule has 2 aromatic carbocycles. The van der Waals surface area contributed by atoms with Crippen molar-refractivity contribution in [1.29, 1.82) is 0 Å². The van der Waals surface area contributed by atoms with Crippen LogP contribution in [0.1, 0.15) is 37.4 Å². The van der Waals surface area contributed by atoms with E-state index in [1.165, 1.54) is 17.8 Å². The zero-order valence-corrected chi connectivity index (χ0v) is 15.0. The van der Waals surface area contributed by atoms with Crippen LogP contribution in [0, 0.1) is 11.7 Å². The van der Waals surface area contributed by atoms with Gasteiger partial charge >= 0.3 is 0 Å². The van der Waals surface area contributed by atoms with Crippen molar-refractivity contribution < 1.29 is 9.18 Å². The normalized spacial score (nSPS) is 12.2. The molecule has 4 heteroatoms. The number of rotatable bonds is 8. The summed E-state index contributed by atoms with van der Waals surface area (Å²) >= 11 is 1.43. The van der Waals surface area contributed by atoms with Crippen molar-refractivity contribution in [3.8, 4) is 0 Å². The Labute approximate surface area is 147 Å². The van der Waals surface area contributed by atoms with Crippen LogP contribution in [0.25, 0.3) is 0 Å². The average Bonchev–Trinajstić information content (AvgIpc) is 2.56. The highest BCUT2D eigenvalue weighted by Crippen LogP contribution is 2.22. The van der Waals surface area contributed by atoms with E-state index >= 15 is 0 Å². The first-order valence-corrected chi connectivity index (χ1v) is 9.37. The van der Waals surface area contributed by atoms with E-state index in [-0.39, 0.29) is 17.8 Å². The molecular weight excluding hydrogens is 321 g/mol. The van der Waals surface area contributed by atoms with E-state index in [9.17, 15) is 9.18 Å². The third-order valence-corrected chi connectivity index (χ3v) is 4.67.